The summed E-state index contributed by atoms with van der Waals surface area (Å²) in [5, 5.41) is 9.47. The van der Waals surface area contributed by atoms with Gasteiger partial charge in [-0.2, -0.15) is 10.2 Å². The molecule has 2 heterocycles. The molecule has 0 radical (unpaired) electrons. The first-order valence-electron chi connectivity index (χ1n) is 4.40. The molecule has 0 N–H and O–H groups in total. The van der Waals surface area contributed by atoms with Crippen LogP contribution in [0.25, 0.3) is 0 Å². The van der Waals surface area contributed by atoms with Crippen LogP contribution in [0, 0.1) is 7.91 Å². The van der Waals surface area contributed by atoms with Gasteiger partial charge >= 0.3 is 0 Å². The van der Waals surface area contributed by atoms with Gasteiger partial charge in [0, 0.05) is 14.1 Å². The molecule has 4 nitrogen and oxygen atoms in total. The minimum atomic E-state index is 0.797. The van der Waals surface area contributed by atoms with Crippen molar-refractivity contribution in [2.75, 3.05) is 5.08 Å². The van der Waals surface area contributed by atoms with Crippen LogP contribution >= 0.6 is 70.6 Å². The van der Waals surface area contributed by atoms with Crippen LogP contribution < -0.4 is 0 Å². The molecule has 2 aromatic rings. The van der Waals surface area contributed by atoms with Crippen LogP contribution in [0.15, 0.2) is 8.68 Å². The van der Waals surface area contributed by atoms with E-state index in [0.717, 1.165) is 21.7 Å². The van der Waals surface area contributed by atoms with E-state index in [9.17, 15) is 0 Å². The zero-order valence-corrected chi connectivity index (χ0v) is 13.8. The topological polar surface area (TPSA) is 35.6 Å². The number of thioether (sulfide) groups is 2. The van der Waals surface area contributed by atoms with Crippen molar-refractivity contribution in [2.45, 2.75) is 8.68 Å². The Bertz CT molecular complexity index is 565. The highest BCUT2D eigenvalue weighted by Crippen LogP contribution is 2.30. The standard InChI is InChI=1S/C7H8N4S6/c1-10-6(12)16-4(8-10)14-3-15-5-9-11(2)7(13)17-5/h3H2,1-2H3. The lowest BCUT2D eigenvalue weighted by molar-refractivity contribution is 0.729. The van der Waals surface area contributed by atoms with E-state index >= 15 is 0 Å². The van der Waals surface area contributed by atoms with Gasteiger partial charge in [0.2, 0.25) is 0 Å². The van der Waals surface area contributed by atoms with Crippen LogP contribution in [0.1, 0.15) is 0 Å². The van der Waals surface area contributed by atoms with E-state index < -0.39 is 0 Å². The molecular weight excluding hydrogens is 333 g/mol. The molecule has 0 aliphatic rings. The van der Waals surface area contributed by atoms with Gasteiger partial charge < -0.3 is 0 Å². The lowest BCUT2D eigenvalue weighted by Crippen LogP contribution is -1.89. The van der Waals surface area contributed by atoms with Crippen molar-refractivity contribution in [2.24, 2.45) is 14.1 Å². The summed E-state index contributed by atoms with van der Waals surface area (Å²) < 4.78 is 7.02. The number of nitrogens with zero attached hydrogens (tertiary/aromatic N) is 4. The Morgan fingerprint density at radius 1 is 1.00 bits per heavy atom. The van der Waals surface area contributed by atoms with E-state index in [1.54, 1.807) is 32.9 Å². The van der Waals surface area contributed by atoms with E-state index in [1.165, 1.54) is 22.7 Å². The first kappa shape index (κ1) is 13.7. The van der Waals surface area contributed by atoms with Crippen molar-refractivity contribution in [3.05, 3.63) is 7.91 Å². The smallest absolute Gasteiger partial charge is 0.179 e. The summed E-state index contributed by atoms with van der Waals surface area (Å²) >= 11 is 16.6. The van der Waals surface area contributed by atoms with Gasteiger partial charge in [0.1, 0.15) is 0 Å². The molecule has 0 bridgehead atoms. The van der Waals surface area contributed by atoms with Crippen LogP contribution in [0.2, 0.25) is 0 Å². The van der Waals surface area contributed by atoms with E-state index in [0.29, 0.717) is 0 Å². The van der Waals surface area contributed by atoms with Gasteiger partial charge in [-0.25, -0.2) is 9.36 Å². The number of aryl methyl sites for hydroxylation is 2. The Morgan fingerprint density at radius 3 is 1.71 bits per heavy atom. The zero-order chi connectivity index (χ0) is 12.4. The Kier molecular flexibility index (Phi) is 4.78. The second-order valence-electron chi connectivity index (χ2n) is 2.92. The molecule has 2 rings (SSSR count). The largest absolute Gasteiger partial charge is 0.247 e. The van der Waals surface area contributed by atoms with Crippen LogP contribution in [0.5, 0.6) is 0 Å². The maximum absolute atomic E-state index is 5.11. The highest BCUT2D eigenvalue weighted by atomic mass is 32.2. The number of aromatic nitrogens is 4. The predicted molar refractivity (Wildman–Crippen MR) is 80.4 cm³/mol. The Labute approximate surface area is 125 Å². The summed E-state index contributed by atoms with van der Waals surface area (Å²) in [5.74, 6) is 0. The van der Waals surface area contributed by atoms with Gasteiger partial charge in [-0.3, -0.25) is 0 Å². The third-order valence-corrected chi connectivity index (χ3v) is 6.93. The van der Waals surface area contributed by atoms with E-state index in [-0.39, 0.29) is 0 Å². The molecule has 0 spiro atoms. The number of hydrogen-bond acceptors (Lipinski definition) is 8. The third-order valence-electron chi connectivity index (χ3n) is 1.71. The predicted octanol–water partition coefficient (Wildman–Crippen LogP) is 3.58. The summed E-state index contributed by atoms with van der Waals surface area (Å²) in [4.78, 5) is 0. The van der Waals surface area contributed by atoms with E-state index in [4.69, 9.17) is 24.4 Å². The first-order valence-corrected chi connectivity index (χ1v) is 8.82. The van der Waals surface area contributed by atoms with Crippen LogP contribution in [0.3, 0.4) is 0 Å². The zero-order valence-electron chi connectivity index (χ0n) is 8.95. The van der Waals surface area contributed by atoms with Crippen molar-refractivity contribution in [1.82, 2.24) is 19.6 Å². The average Bonchev–Trinajstić information content (AvgIpc) is 2.73. The molecule has 0 fully saturated rings. The summed E-state index contributed by atoms with van der Waals surface area (Å²) in [5.41, 5.74) is 0. The second-order valence-corrected chi connectivity index (χ2v) is 8.98. The normalized spacial score (nSPS) is 10.9. The lowest BCUT2D eigenvalue weighted by Gasteiger charge is -1.93. The molecule has 0 saturated heterocycles. The second kappa shape index (κ2) is 5.93. The van der Waals surface area contributed by atoms with E-state index in [2.05, 4.69) is 10.2 Å². The summed E-state index contributed by atoms with van der Waals surface area (Å²) in [6.45, 7) is 0. The van der Waals surface area contributed by atoms with Crippen molar-refractivity contribution in [3.63, 3.8) is 0 Å². The van der Waals surface area contributed by atoms with Gasteiger partial charge in [0.05, 0.1) is 5.08 Å². The van der Waals surface area contributed by atoms with Gasteiger partial charge in [0.15, 0.2) is 16.6 Å². The van der Waals surface area contributed by atoms with Gasteiger partial charge in [-0.1, -0.05) is 46.2 Å². The van der Waals surface area contributed by atoms with Gasteiger partial charge in [0.25, 0.3) is 0 Å². The average molecular weight is 341 g/mol. The molecule has 0 amide bonds. The van der Waals surface area contributed by atoms with Crippen molar-refractivity contribution in [1.29, 1.82) is 0 Å². The highest BCUT2D eigenvalue weighted by molar-refractivity contribution is 8.17. The number of hydrogen-bond donors (Lipinski definition) is 0. The fourth-order valence-corrected chi connectivity index (χ4v) is 5.95. The molecular formula is C7H8N4S6. The number of rotatable bonds is 4. The molecule has 0 aromatic carbocycles. The fourth-order valence-electron chi connectivity index (χ4n) is 0.896. The van der Waals surface area contributed by atoms with Gasteiger partial charge in [-0.15, -0.1) is 0 Å². The Morgan fingerprint density at radius 2 is 1.41 bits per heavy atom. The van der Waals surface area contributed by atoms with Crippen LogP contribution in [0.4, 0.5) is 0 Å². The molecule has 0 saturated carbocycles. The maximum Gasteiger partial charge on any atom is 0.179 e. The monoisotopic (exact) mass is 340 g/mol. The lowest BCUT2D eigenvalue weighted by atomic mass is 11.3. The third kappa shape index (κ3) is 3.61. The van der Waals surface area contributed by atoms with Crippen molar-refractivity contribution in [3.8, 4) is 0 Å². The summed E-state index contributed by atoms with van der Waals surface area (Å²) in [7, 11) is 3.72. The quantitative estimate of drug-likeness (QED) is 0.481. The van der Waals surface area contributed by atoms with Crippen molar-refractivity contribution >= 4 is 70.6 Å². The SMILES string of the molecule is Cn1nc(SCSc2nn(C)c(=S)s2)sc1=S. The minimum Gasteiger partial charge on any atom is -0.247 e. The molecule has 17 heavy (non-hydrogen) atoms. The van der Waals surface area contributed by atoms with E-state index in [1.807, 2.05) is 14.1 Å². The van der Waals surface area contributed by atoms with Crippen molar-refractivity contribution < 1.29 is 0 Å². The molecule has 0 aliphatic carbocycles. The minimum absolute atomic E-state index is 0.797. The fraction of sp³-hybridized carbons (Fsp3) is 0.429. The molecule has 2 aromatic heterocycles. The van der Waals surface area contributed by atoms with Crippen LogP contribution in [-0.2, 0) is 14.1 Å². The summed E-state index contributed by atoms with van der Waals surface area (Å²) in [6, 6.07) is 0. The highest BCUT2D eigenvalue weighted by Gasteiger charge is 2.05. The summed E-state index contributed by atoms with van der Waals surface area (Å²) in [6.07, 6.45) is 0. The molecule has 92 valence electrons. The Balaban J connectivity index is 1.91. The molecule has 0 aliphatic heterocycles. The molecule has 0 unspecified atom stereocenters. The first-order chi connectivity index (χ1) is 8.06. The Hall–Kier alpha value is 0.260. The van der Waals surface area contributed by atoms with Crippen LogP contribution in [-0.4, -0.2) is 24.6 Å². The molecule has 0 atom stereocenters. The molecule has 10 heteroatoms. The maximum atomic E-state index is 5.11. The van der Waals surface area contributed by atoms with Gasteiger partial charge in [-0.05, 0) is 24.4 Å².